The first kappa shape index (κ1) is 19.3. The number of rotatable bonds is 4. The summed E-state index contributed by atoms with van der Waals surface area (Å²) in [4.78, 5) is 42.7. The first-order chi connectivity index (χ1) is 13.2. The lowest BCUT2D eigenvalue weighted by Crippen LogP contribution is -2.19. The molecule has 0 aliphatic carbocycles. The zero-order valence-electron chi connectivity index (χ0n) is 14.5. The van der Waals surface area contributed by atoms with E-state index in [0.717, 1.165) is 24.3 Å². The van der Waals surface area contributed by atoms with Gasteiger partial charge in [-0.3, -0.25) is 9.59 Å². The average molecular weight is 390 g/mol. The van der Waals surface area contributed by atoms with Gasteiger partial charge in [0.2, 0.25) is 0 Å². The Kier molecular flexibility index (Phi) is 5.00. The molecular weight excluding hydrogens is 377 g/mol. The molecule has 0 aliphatic heterocycles. The van der Waals surface area contributed by atoms with E-state index >= 15 is 0 Å². The minimum Gasteiger partial charge on any atom is -0.465 e. The number of aromatic amines is 1. The summed E-state index contributed by atoms with van der Waals surface area (Å²) in [5.41, 5.74) is -0.678. The number of benzene rings is 2. The van der Waals surface area contributed by atoms with Crippen LogP contribution in [-0.4, -0.2) is 28.8 Å². The number of ether oxygens (including phenoxy) is 1. The van der Waals surface area contributed by atoms with E-state index in [1.54, 1.807) is 0 Å². The largest absolute Gasteiger partial charge is 0.465 e. The molecule has 1 aromatic heterocycles. The molecule has 3 aromatic rings. The predicted molar refractivity (Wildman–Crippen MR) is 93.2 cm³/mol. The predicted octanol–water partition coefficient (Wildman–Crippen LogP) is 3.15. The summed E-state index contributed by atoms with van der Waals surface area (Å²) in [6, 6.07) is 8.08. The van der Waals surface area contributed by atoms with Gasteiger partial charge in [-0.05, 0) is 30.3 Å². The zero-order valence-corrected chi connectivity index (χ0v) is 14.5. The van der Waals surface area contributed by atoms with Crippen molar-refractivity contribution in [3.63, 3.8) is 0 Å². The highest BCUT2D eigenvalue weighted by molar-refractivity contribution is 5.97. The molecule has 0 atom stereocenters. The quantitative estimate of drug-likeness (QED) is 0.546. The molecule has 9 heteroatoms. The topological polar surface area (TPSA) is 89.1 Å². The van der Waals surface area contributed by atoms with Crippen LogP contribution >= 0.6 is 0 Å². The molecule has 0 aliphatic rings. The lowest BCUT2D eigenvalue weighted by molar-refractivity contribution is -0.137. The van der Waals surface area contributed by atoms with Gasteiger partial charge < -0.3 is 9.72 Å². The van der Waals surface area contributed by atoms with Crippen molar-refractivity contribution in [3.8, 4) is 0 Å². The summed E-state index contributed by atoms with van der Waals surface area (Å²) in [6.07, 6.45) is -4.88. The van der Waals surface area contributed by atoms with Crippen LogP contribution in [0.3, 0.4) is 0 Å². The fourth-order valence-corrected chi connectivity index (χ4v) is 2.59. The van der Waals surface area contributed by atoms with Crippen molar-refractivity contribution >= 4 is 22.8 Å². The van der Waals surface area contributed by atoms with Crippen LogP contribution in [0.2, 0.25) is 0 Å². The first-order valence-electron chi connectivity index (χ1n) is 8.01. The van der Waals surface area contributed by atoms with Gasteiger partial charge in [-0.15, -0.1) is 0 Å². The first-order valence-corrected chi connectivity index (χ1v) is 8.01. The van der Waals surface area contributed by atoms with E-state index in [-0.39, 0.29) is 23.2 Å². The Bertz CT molecular complexity index is 1120. The van der Waals surface area contributed by atoms with E-state index in [1.165, 1.54) is 25.3 Å². The number of carbonyl (C=O) groups is 2. The van der Waals surface area contributed by atoms with Gasteiger partial charge in [-0.1, -0.05) is 12.1 Å². The maximum atomic E-state index is 12.6. The Labute approximate surface area is 156 Å². The molecule has 1 N–H and O–H groups in total. The lowest BCUT2D eigenvalue weighted by Gasteiger charge is -2.07. The van der Waals surface area contributed by atoms with Gasteiger partial charge >= 0.3 is 12.1 Å². The molecule has 0 spiro atoms. The number of hydrogen-bond acceptors (Lipinski definition) is 5. The Morgan fingerprint density at radius 1 is 1.07 bits per heavy atom. The molecular formula is C19H13F3N2O4. The van der Waals surface area contributed by atoms with Gasteiger partial charge in [0.15, 0.2) is 5.78 Å². The summed E-state index contributed by atoms with van der Waals surface area (Å²) < 4.78 is 42.4. The number of Topliss-reactive ketones (excluding diaryl/α,β-unsaturated/α-hetero) is 1. The fourth-order valence-electron chi connectivity index (χ4n) is 2.59. The van der Waals surface area contributed by atoms with Crippen LogP contribution in [0, 0.1) is 0 Å². The molecule has 28 heavy (non-hydrogen) atoms. The smallest absolute Gasteiger partial charge is 0.416 e. The Hall–Kier alpha value is -3.49. The number of aromatic nitrogens is 2. The van der Waals surface area contributed by atoms with Gasteiger partial charge in [-0.25, -0.2) is 9.78 Å². The summed E-state index contributed by atoms with van der Waals surface area (Å²) in [6.45, 7) is 0. The summed E-state index contributed by atoms with van der Waals surface area (Å²) in [5.74, 6) is -1.12. The molecule has 0 saturated carbocycles. The Morgan fingerprint density at radius 3 is 2.32 bits per heavy atom. The van der Waals surface area contributed by atoms with E-state index in [4.69, 9.17) is 0 Å². The normalized spacial score (nSPS) is 11.4. The fraction of sp³-hybridized carbons (Fsp3) is 0.158. The molecule has 1 heterocycles. The third-order valence-electron chi connectivity index (χ3n) is 4.05. The average Bonchev–Trinajstić information content (AvgIpc) is 2.67. The number of nitrogens with one attached hydrogen (secondary N) is 1. The van der Waals surface area contributed by atoms with Crippen molar-refractivity contribution in [1.82, 2.24) is 9.97 Å². The van der Waals surface area contributed by atoms with Crippen LogP contribution in [0.1, 0.15) is 32.0 Å². The standard InChI is InChI=1S/C19H13F3N2O4/c1-28-18(27)11-4-7-13-14(8-11)24-17(26)15(23-13)9-16(25)10-2-5-12(6-3-10)19(20,21)22/h2-8H,9H2,1H3,(H,24,26). The number of H-pyrrole nitrogens is 1. The molecule has 0 fully saturated rings. The van der Waals surface area contributed by atoms with E-state index in [1.807, 2.05) is 0 Å². The highest BCUT2D eigenvalue weighted by atomic mass is 19.4. The molecule has 3 rings (SSSR count). The van der Waals surface area contributed by atoms with Crippen LogP contribution in [0.4, 0.5) is 13.2 Å². The summed E-state index contributed by atoms with van der Waals surface area (Å²) >= 11 is 0. The van der Waals surface area contributed by atoms with Crippen LogP contribution < -0.4 is 5.56 Å². The highest BCUT2D eigenvalue weighted by Gasteiger charge is 2.30. The summed E-state index contributed by atoms with van der Waals surface area (Å²) in [5, 5.41) is 0. The number of esters is 1. The van der Waals surface area contributed by atoms with Gasteiger partial charge in [0.05, 0.1) is 35.7 Å². The molecule has 0 amide bonds. The molecule has 2 aromatic carbocycles. The van der Waals surface area contributed by atoms with Crippen molar-refractivity contribution < 1.29 is 27.5 Å². The highest BCUT2D eigenvalue weighted by Crippen LogP contribution is 2.29. The minimum atomic E-state index is -4.50. The minimum absolute atomic E-state index is 0.0373. The van der Waals surface area contributed by atoms with E-state index in [0.29, 0.717) is 11.0 Å². The number of halogens is 3. The van der Waals surface area contributed by atoms with Crippen LogP contribution in [-0.2, 0) is 17.3 Å². The van der Waals surface area contributed by atoms with E-state index < -0.39 is 29.1 Å². The number of methoxy groups -OCH3 is 1. The number of hydrogen-bond donors (Lipinski definition) is 1. The zero-order chi connectivity index (χ0) is 20.5. The van der Waals surface area contributed by atoms with Gasteiger partial charge in [-0.2, -0.15) is 13.2 Å². The summed E-state index contributed by atoms with van der Waals surface area (Å²) in [7, 11) is 1.23. The van der Waals surface area contributed by atoms with E-state index in [2.05, 4.69) is 14.7 Å². The number of nitrogens with zero attached hydrogens (tertiary/aromatic N) is 1. The van der Waals surface area contributed by atoms with Crippen molar-refractivity contribution in [2.45, 2.75) is 12.6 Å². The number of carbonyl (C=O) groups excluding carboxylic acids is 2. The van der Waals surface area contributed by atoms with Crippen LogP contribution in [0.15, 0.2) is 47.3 Å². The van der Waals surface area contributed by atoms with Crippen LogP contribution in [0.5, 0.6) is 0 Å². The molecule has 6 nitrogen and oxygen atoms in total. The maximum absolute atomic E-state index is 12.6. The number of ketones is 1. The SMILES string of the molecule is COC(=O)c1ccc2nc(CC(=O)c3ccc(C(F)(F)F)cc3)c(=O)[nH]c2c1. The van der Waals surface area contributed by atoms with Gasteiger partial charge in [0, 0.05) is 5.56 Å². The Balaban J connectivity index is 1.87. The number of fused-ring (bicyclic) bond motifs is 1. The number of alkyl halides is 3. The second kappa shape index (κ2) is 7.26. The van der Waals surface area contributed by atoms with Crippen molar-refractivity contribution in [2.24, 2.45) is 0 Å². The molecule has 144 valence electrons. The maximum Gasteiger partial charge on any atom is 0.416 e. The van der Waals surface area contributed by atoms with Gasteiger partial charge in [0.1, 0.15) is 5.69 Å². The second-order valence-electron chi connectivity index (χ2n) is 5.91. The van der Waals surface area contributed by atoms with Crippen LogP contribution in [0.25, 0.3) is 11.0 Å². The van der Waals surface area contributed by atoms with Crippen molar-refractivity contribution in [3.05, 3.63) is 75.2 Å². The van der Waals surface area contributed by atoms with E-state index in [9.17, 15) is 27.6 Å². The Morgan fingerprint density at radius 2 is 1.71 bits per heavy atom. The second-order valence-corrected chi connectivity index (χ2v) is 5.91. The van der Waals surface area contributed by atoms with Gasteiger partial charge in [0.25, 0.3) is 5.56 Å². The monoisotopic (exact) mass is 390 g/mol. The molecule has 0 radical (unpaired) electrons. The third kappa shape index (κ3) is 3.93. The molecule has 0 unspecified atom stereocenters. The lowest BCUT2D eigenvalue weighted by atomic mass is 10.0. The molecule has 0 bridgehead atoms. The van der Waals surface area contributed by atoms with Crippen molar-refractivity contribution in [2.75, 3.05) is 7.11 Å². The van der Waals surface area contributed by atoms with Crippen molar-refractivity contribution in [1.29, 1.82) is 0 Å². The molecule has 0 saturated heterocycles. The third-order valence-corrected chi connectivity index (χ3v) is 4.05.